The maximum absolute atomic E-state index is 5.88. The highest BCUT2D eigenvalue weighted by Gasteiger charge is 2.07. The maximum Gasteiger partial charge on any atom is 0.169 e. The van der Waals surface area contributed by atoms with Gasteiger partial charge in [-0.15, -0.1) is 0 Å². The second kappa shape index (κ2) is 8.18. The molecular weight excluding hydrogens is 298 g/mol. The quantitative estimate of drug-likeness (QED) is 0.680. The average Bonchev–Trinajstić information content (AvgIpc) is 2.64. The van der Waals surface area contributed by atoms with E-state index in [2.05, 4.69) is 35.6 Å². The van der Waals surface area contributed by atoms with Gasteiger partial charge in [-0.3, -0.25) is 0 Å². The molecule has 0 saturated carbocycles. The molecule has 0 aliphatic carbocycles. The largest absolute Gasteiger partial charge is 0.493 e. The van der Waals surface area contributed by atoms with Crippen LogP contribution in [0, 0.1) is 0 Å². The van der Waals surface area contributed by atoms with Crippen molar-refractivity contribution in [1.29, 1.82) is 0 Å². The van der Waals surface area contributed by atoms with E-state index in [1.54, 1.807) is 7.11 Å². The standard InChI is InChI=1S/C21H21NO2/c1-23-21-14-18(16-22-15-17-8-4-2-5-9-17)12-13-20(21)24-19-10-6-3-7-11-19/h2-14,22H,15-16H2,1H3. The minimum atomic E-state index is 0.718. The molecule has 0 saturated heterocycles. The van der Waals surface area contributed by atoms with Crippen molar-refractivity contribution in [2.45, 2.75) is 13.1 Å². The lowest BCUT2D eigenvalue weighted by Gasteiger charge is -2.12. The highest BCUT2D eigenvalue weighted by Crippen LogP contribution is 2.32. The van der Waals surface area contributed by atoms with Crippen LogP contribution in [-0.2, 0) is 13.1 Å². The van der Waals surface area contributed by atoms with Crippen LogP contribution in [0.3, 0.4) is 0 Å². The molecule has 3 aromatic rings. The summed E-state index contributed by atoms with van der Waals surface area (Å²) in [5, 5.41) is 3.44. The number of rotatable bonds is 7. The van der Waals surface area contributed by atoms with Crippen LogP contribution >= 0.6 is 0 Å². The molecular formula is C21H21NO2. The monoisotopic (exact) mass is 319 g/mol. The number of hydrogen-bond acceptors (Lipinski definition) is 3. The van der Waals surface area contributed by atoms with Gasteiger partial charge >= 0.3 is 0 Å². The first-order chi connectivity index (χ1) is 11.8. The van der Waals surface area contributed by atoms with Crippen molar-refractivity contribution in [2.24, 2.45) is 0 Å². The summed E-state index contributed by atoms with van der Waals surface area (Å²) in [5.41, 5.74) is 2.43. The third-order valence-corrected chi connectivity index (χ3v) is 3.70. The Morgan fingerprint density at radius 1 is 0.708 bits per heavy atom. The number of para-hydroxylation sites is 1. The van der Waals surface area contributed by atoms with Crippen molar-refractivity contribution >= 4 is 0 Å². The Labute approximate surface area is 142 Å². The summed E-state index contributed by atoms with van der Waals surface area (Å²) in [4.78, 5) is 0. The summed E-state index contributed by atoms with van der Waals surface area (Å²) in [7, 11) is 1.66. The van der Waals surface area contributed by atoms with Gasteiger partial charge in [0.1, 0.15) is 5.75 Å². The van der Waals surface area contributed by atoms with Crippen LogP contribution in [0.25, 0.3) is 0 Å². The molecule has 24 heavy (non-hydrogen) atoms. The van der Waals surface area contributed by atoms with Gasteiger partial charge in [0.2, 0.25) is 0 Å². The highest BCUT2D eigenvalue weighted by molar-refractivity contribution is 5.45. The summed E-state index contributed by atoms with van der Waals surface area (Å²) in [6, 6.07) is 26.1. The smallest absolute Gasteiger partial charge is 0.169 e. The van der Waals surface area contributed by atoms with Gasteiger partial charge in [-0.2, -0.15) is 0 Å². The van der Waals surface area contributed by atoms with E-state index in [1.807, 2.05) is 48.5 Å². The van der Waals surface area contributed by atoms with Crippen LogP contribution in [0.1, 0.15) is 11.1 Å². The van der Waals surface area contributed by atoms with Crippen LogP contribution in [0.15, 0.2) is 78.9 Å². The van der Waals surface area contributed by atoms with Crippen molar-refractivity contribution in [3.8, 4) is 17.2 Å². The van der Waals surface area contributed by atoms with Crippen LogP contribution in [0.4, 0.5) is 0 Å². The predicted octanol–water partition coefficient (Wildman–Crippen LogP) is 4.78. The molecule has 122 valence electrons. The Morgan fingerprint density at radius 2 is 1.38 bits per heavy atom. The van der Waals surface area contributed by atoms with Gasteiger partial charge in [0.05, 0.1) is 7.11 Å². The normalized spacial score (nSPS) is 10.4. The lowest BCUT2D eigenvalue weighted by Crippen LogP contribution is -2.12. The maximum atomic E-state index is 5.88. The van der Waals surface area contributed by atoms with Crippen LogP contribution in [0.5, 0.6) is 17.2 Å². The van der Waals surface area contributed by atoms with E-state index in [-0.39, 0.29) is 0 Å². The SMILES string of the molecule is COc1cc(CNCc2ccccc2)ccc1Oc1ccccc1. The van der Waals surface area contributed by atoms with E-state index in [4.69, 9.17) is 9.47 Å². The zero-order valence-corrected chi connectivity index (χ0v) is 13.7. The molecule has 0 spiro atoms. The van der Waals surface area contributed by atoms with Gasteiger partial charge in [-0.05, 0) is 35.4 Å². The minimum absolute atomic E-state index is 0.718. The Balaban J connectivity index is 1.63. The minimum Gasteiger partial charge on any atom is -0.493 e. The zero-order valence-electron chi connectivity index (χ0n) is 13.7. The van der Waals surface area contributed by atoms with E-state index in [1.165, 1.54) is 5.56 Å². The molecule has 1 N–H and O–H groups in total. The fourth-order valence-corrected chi connectivity index (χ4v) is 2.47. The number of nitrogens with one attached hydrogen (secondary N) is 1. The first-order valence-corrected chi connectivity index (χ1v) is 7.99. The van der Waals surface area contributed by atoms with Crippen LogP contribution < -0.4 is 14.8 Å². The Morgan fingerprint density at radius 3 is 2.08 bits per heavy atom. The number of hydrogen-bond donors (Lipinski definition) is 1. The molecule has 0 radical (unpaired) electrons. The van der Waals surface area contributed by atoms with E-state index >= 15 is 0 Å². The molecule has 0 unspecified atom stereocenters. The van der Waals surface area contributed by atoms with Crippen molar-refractivity contribution in [3.05, 3.63) is 90.0 Å². The highest BCUT2D eigenvalue weighted by atomic mass is 16.5. The first-order valence-electron chi connectivity index (χ1n) is 7.99. The second-order valence-corrected chi connectivity index (χ2v) is 5.49. The van der Waals surface area contributed by atoms with Crippen molar-refractivity contribution in [2.75, 3.05) is 7.11 Å². The summed E-state index contributed by atoms with van der Waals surface area (Å²) in [6.45, 7) is 1.61. The molecule has 0 bridgehead atoms. The molecule has 0 amide bonds. The van der Waals surface area contributed by atoms with Gasteiger partial charge < -0.3 is 14.8 Å². The number of ether oxygens (including phenoxy) is 2. The fraction of sp³-hybridized carbons (Fsp3) is 0.143. The summed E-state index contributed by atoms with van der Waals surface area (Å²) in [6.07, 6.45) is 0. The molecule has 0 atom stereocenters. The first kappa shape index (κ1) is 16.1. The number of benzene rings is 3. The molecule has 0 heterocycles. The summed E-state index contributed by atoms with van der Waals surface area (Å²) >= 11 is 0. The van der Waals surface area contributed by atoms with E-state index in [9.17, 15) is 0 Å². The van der Waals surface area contributed by atoms with E-state index < -0.39 is 0 Å². The molecule has 3 heteroatoms. The van der Waals surface area contributed by atoms with Gasteiger partial charge in [0.25, 0.3) is 0 Å². The lowest BCUT2D eigenvalue weighted by atomic mass is 10.2. The summed E-state index contributed by atoms with van der Waals surface area (Å²) in [5.74, 6) is 2.25. The zero-order chi connectivity index (χ0) is 16.6. The molecule has 0 aliphatic heterocycles. The Hall–Kier alpha value is -2.78. The van der Waals surface area contributed by atoms with Crippen LogP contribution in [0.2, 0.25) is 0 Å². The fourth-order valence-electron chi connectivity index (χ4n) is 2.47. The third-order valence-electron chi connectivity index (χ3n) is 3.70. The molecule has 0 aliphatic rings. The van der Waals surface area contributed by atoms with Gasteiger partial charge in [0.15, 0.2) is 11.5 Å². The predicted molar refractivity (Wildman–Crippen MR) is 96.5 cm³/mol. The van der Waals surface area contributed by atoms with Crippen LogP contribution in [-0.4, -0.2) is 7.11 Å². The topological polar surface area (TPSA) is 30.5 Å². The summed E-state index contributed by atoms with van der Waals surface area (Å²) < 4.78 is 11.4. The van der Waals surface area contributed by atoms with Gasteiger partial charge in [0, 0.05) is 13.1 Å². The van der Waals surface area contributed by atoms with E-state index in [0.717, 1.165) is 35.9 Å². The van der Waals surface area contributed by atoms with Gasteiger partial charge in [-0.25, -0.2) is 0 Å². The molecule has 3 rings (SSSR count). The molecule has 0 fully saturated rings. The molecule has 3 nitrogen and oxygen atoms in total. The molecule has 3 aromatic carbocycles. The van der Waals surface area contributed by atoms with E-state index in [0.29, 0.717) is 0 Å². The molecule has 0 aromatic heterocycles. The Kier molecular flexibility index (Phi) is 5.48. The van der Waals surface area contributed by atoms with Crippen molar-refractivity contribution < 1.29 is 9.47 Å². The average molecular weight is 319 g/mol. The number of methoxy groups -OCH3 is 1. The van der Waals surface area contributed by atoms with Crippen molar-refractivity contribution in [1.82, 2.24) is 5.32 Å². The third kappa shape index (κ3) is 4.37. The Bertz CT molecular complexity index is 757. The van der Waals surface area contributed by atoms with Gasteiger partial charge in [-0.1, -0.05) is 54.6 Å². The van der Waals surface area contributed by atoms with Crippen molar-refractivity contribution in [3.63, 3.8) is 0 Å². The second-order valence-electron chi connectivity index (χ2n) is 5.49. The lowest BCUT2D eigenvalue weighted by molar-refractivity contribution is 0.378.